The SMILES string of the molecule is c1ccc2c(c1)-c1cccc3cccc(c13)N2c1nc(-c2ccc3sc4ccccc4c3c2)c2oc3ccccc3c2n1.c1ccc2c(c1)-c1cccc3cccc(c13)N2c1nc(-c2cccc3c2oc2ccccc23)c2oc3ccccc3c2n1.c1ccc2c(c1)-c1cccc3cccc(c13)N2c1nc(-c2cccc3sc4ccccc4c23)c2oc3ccccc3c2n1. The Morgan fingerprint density at radius 2 is 0.512 bits per heavy atom. The van der Waals surface area contributed by atoms with Gasteiger partial charge >= 0.3 is 0 Å². The van der Waals surface area contributed by atoms with Crippen LogP contribution in [0.2, 0.25) is 0 Å². The third-order valence-corrected chi connectivity index (χ3v) is 28.2. The van der Waals surface area contributed by atoms with Crippen molar-refractivity contribution in [3.8, 4) is 67.2 Å². The lowest BCUT2D eigenvalue weighted by Crippen LogP contribution is -2.17. The number of furan rings is 4. The van der Waals surface area contributed by atoms with Crippen LogP contribution >= 0.6 is 22.7 Å². The third kappa shape index (κ3) is 10.7. The number of anilines is 9. The summed E-state index contributed by atoms with van der Waals surface area (Å²) in [7, 11) is 0. The minimum atomic E-state index is 0.580. The Labute approximate surface area is 741 Å². The molecule has 3 aliphatic heterocycles. The monoisotopic (exact) mass is 1690 g/mol. The average molecular weight is 1690 g/mol. The summed E-state index contributed by atoms with van der Waals surface area (Å²) in [6.07, 6.45) is 0. The molecular formula is C114H63N9O4S2. The normalized spacial score (nSPS) is 12.6. The van der Waals surface area contributed by atoms with Crippen molar-refractivity contribution in [3.63, 3.8) is 0 Å². The molecule has 0 saturated heterocycles. The predicted octanol–water partition coefficient (Wildman–Crippen LogP) is 32.6. The number of benzene rings is 18. The number of aromatic nitrogens is 6. The second kappa shape index (κ2) is 27.8. The Kier molecular flexibility index (Phi) is 15.4. The van der Waals surface area contributed by atoms with Gasteiger partial charge in [-0.05, 0) is 148 Å². The number of hydrogen-bond donors (Lipinski definition) is 0. The van der Waals surface area contributed by atoms with Crippen LogP contribution in [0.1, 0.15) is 0 Å². The molecule has 0 bridgehead atoms. The van der Waals surface area contributed by atoms with Crippen molar-refractivity contribution >= 4 is 235 Å². The van der Waals surface area contributed by atoms with Crippen LogP contribution in [-0.4, -0.2) is 29.9 Å². The van der Waals surface area contributed by atoms with Crippen molar-refractivity contribution in [1.82, 2.24) is 29.9 Å². The van der Waals surface area contributed by atoms with Crippen molar-refractivity contribution in [1.29, 1.82) is 0 Å². The molecule has 13 nitrogen and oxygen atoms in total. The average Bonchev–Trinajstić information content (AvgIpc) is 1.19. The summed E-state index contributed by atoms with van der Waals surface area (Å²) in [5, 5.41) is 17.1. The van der Waals surface area contributed by atoms with E-state index in [4.69, 9.17) is 47.6 Å². The summed E-state index contributed by atoms with van der Waals surface area (Å²) in [6, 6.07) is 133. The molecule has 0 amide bonds. The van der Waals surface area contributed by atoms with Crippen molar-refractivity contribution < 1.29 is 17.7 Å². The van der Waals surface area contributed by atoms with Crippen LogP contribution in [0.4, 0.5) is 52.0 Å². The molecule has 30 rings (SSSR count). The minimum Gasteiger partial charge on any atom is -0.455 e. The molecule has 0 unspecified atom stereocenters. The smallest absolute Gasteiger partial charge is 0.236 e. The maximum Gasteiger partial charge on any atom is 0.236 e. The van der Waals surface area contributed by atoms with Gasteiger partial charge in [0.15, 0.2) is 16.7 Å². The standard InChI is InChI=1S/C38H21N3O2.2C38H21N3OS/c1-4-18-29-23(12-1)25-15-7-10-22-11-8-19-30(33(22)25)41(29)38-39-34-27-14-3-6-21-32(27)43-37(34)35(40-38)28-17-9-16-26-24-13-2-5-20-31(24)42-36(26)28;1-4-17-28-23(12-1)24-15-7-10-22-11-8-18-29(33(22)24)41(28)38-39-35-25-13-2-5-19-30(25)42-37(35)36(40-38)27-16-9-21-32-34(27)26-14-3-6-20-31(26)43-32;1-4-15-29-24(11-1)26-14-7-9-22-10-8-16-30(34(22)26)41(29)38-39-35(37-36(40-38)27-13-2-5-17-31(27)42-37)23-19-20-33-28(21-23)25-12-3-6-18-32(25)43-33/h3*1-21H. The van der Waals surface area contributed by atoms with E-state index in [-0.39, 0.29) is 0 Å². The molecule has 0 aliphatic carbocycles. The number of fused-ring (bicyclic) bond motifs is 24. The number of hydrogen-bond acceptors (Lipinski definition) is 15. The van der Waals surface area contributed by atoms with E-state index in [1.54, 1.807) is 0 Å². The largest absolute Gasteiger partial charge is 0.455 e. The molecule has 0 spiro atoms. The van der Waals surface area contributed by atoms with Gasteiger partial charge in [0.05, 0.1) is 34.1 Å². The van der Waals surface area contributed by atoms with Gasteiger partial charge in [0, 0.05) is 117 Å². The van der Waals surface area contributed by atoms with Gasteiger partial charge < -0.3 is 17.7 Å². The lowest BCUT2D eigenvalue weighted by atomic mass is 9.91. The first-order valence-electron chi connectivity index (χ1n) is 43.0. The highest BCUT2D eigenvalue weighted by Crippen LogP contribution is 2.57. The molecule has 129 heavy (non-hydrogen) atoms. The second-order valence-corrected chi connectivity index (χ2v) is 35.1. The molecule has 27 aromatic rings. The fourth-order valence-electron chi connectivity index (χ4n) is 20.3. The topological polar surface area (TPSA) is 140 Å². The molecule has 12 heterocycles. The zero-order chi connectivity index (χ0) is 84.2. The highest BCUT2D eigenvalue weighted by molar-refractivity contribution is 7.26. The van der Waals surface area contributed by atoms with Gasteiger partial charge in [-0.25, -0.2) is 29.9 Å². The molecule has 0 fully saturated rings. The Bertz CT molecular complexity index is 9470. The Morgan fingerprint density at radius 3 is 1.02 bits per heavy atom. The van der Waals surface area contributed by atoms with Gasteiger partial charge in [-0.3, -0.25) is 14.7 Å². The molecule has 0 N–H and O–H groups in total. The van der Waals surface area contributed by atoms with Crippen molar-refractivity contribution in [2.75, 3.05) is 14.7 Å². The van der Waals surface area contributed by atoms with E-state index in [0.717, 1.165) is 139 Å². The van der Waals surface area contributed by atoms with E-state index in [2.05, 4.69) is 324 Å². The van der Waals surface area contributed by atoms with E-state index in [9.17, 15) is 0 Å². The van der Waals surface area contributed by atoms with Crippen LogP contribution < -0.4 is 14.7 Å². The zero-order valence-corrected chi connectivity index (χ0v) is 70.0. The van der Waals surface area contributed by atoms with Crippen LogP contribution in [0.15, 0.2) is 400 Å². The van der Waals surface area contributed by atoms with Gasteiger partial charge in [0.25, 0.3) is 0 Å². The summed E-state index contributed by atoms with van der Waals surface area (Å²) in [4.78, 5) is 38.5. The number of thiophene rings is 2. The Morgan fingerprint density at radius 1 is 0.194 bits per heavy atom. The van der Waals surface area contributed by atoms with Crippen LogP contribution in [0, 0.1) is 0 Å². The van der Waals surface area contributed by atoms with Crippen LogP contribution in [0.25, 0.3) is 228 Å². The maximum atomic E-state index is 6.56. The third-order valence-electron chi connectivity index (χ3n) is 25.9. The van der Waals surface area contributed by atoms with Crippen molar-refractivity contribution in [2.24, 2.45) is 0 Å². The fraction of sp³-hybridized carbons (Fsp3) is 0. The summed E-state index contributed by atoms with van der Waals surface area (Å²) < 4.78 is 31.1. The van der Waals surface area contributed by atoms with Crippen molar-refractivity contribution in [2.45, 2.75) is 0 Å². The molecule has 18 aromatic carbocycles. The number of nitrogens with zero attached hydrogens (tertiary/aromatic N) is 9. The highest BCUT2D eigenvalue weighted by Gasteiger charge is 2.35. The fourth-order valence-corrected chi connectivity index (χ4v) is 22.5. The van der Waals surface area contributed by atoms with E-state index in [0.29, 0.717) is 40.3 Å². The molecule has 15 heteroatoms. The Balaban J connectivity index is 0.0000000976. The zero-order valence-electron chi connectivity index (χ0n) is 68.3. The van der Waals surface area contributed by atoms with Crippen LogP contribution in [0.3, 0.4) is 0 Å². The predicted molar refractivity (Wildman–Crippen MR) is 531 cm³/mol. The number of para-hydroxylation sites is 8. The minimum absolute atomic E-state index is 0.580. The molecular weight excluding hydrogens is 1620 g/mol. The van der Waals surface area contributed by atoms with Gasteiger partial charge in [-0.2, -0.15) is 0 Å². The van der Waals surface area contributed by atoms with Gasteiger partial charge in [0.2, 0.25) is 17.8 Å². The Hall–Kier alpha value is -17.0. The summed E-state index contributed by atoms with van der Waals surface area (Å²) in [5.41, 5.74) is 27.2. The van der Waals surface area contributed by atoms with E-state index < -0.39 is 0 Å². The van der Waals surface area contributed by atoms with Crippen molar-refractivity contribution in [3.05, 3.63) is 382 Å². The lowest BCUT2D eigenvalue weighted by Gasteiger charge is -2.32. The summed E-state index contributed by atoms with van der Waals surface area (Å²) in [6.45, 7) is 0. The first-order chi connectivity index (χ1) is 64.0. The van der Waals surface area contributed by atoms with Crippen LogP contribution in [0.5, 0.6) is 0 Å². The summed E-state index contributed by atoms with van der Waals surface area (Å²) >= 11 is 3.63. The molecule has 0 saturated carbocycles. The molecule has 600 valence electrons. The molecule has 0 radical (unpaired) electrons. The van der Waals surface area contributed by atoms with Crippen LogP contribution in [-0.2, 0) is 0 Å². The second-order valence-electron chi connectivity index (χ2n) is 32.9. The lowest BCUT2D eigenvalue weighted by molar-refractivity contribution is 0.662. The first kappa shape index (κ1) is 71.4. The van der Waals surface area contributed by atoms with Gasteiger partial charge in [-0.15, -0.1) is 22.7 Å². The van der Waals surface area contributed by atoms with E-state index in [1.165, 1.54) is 100 Å². The number of rotatable bonds is 6. The van der Waals surface area contributed by atoms with E-state index >= 15 is 0 Å². The quantitative estimate of drug-likeness (QED) is 0.156. The van der Waals surface area contributed by atoms with Gasteiger partial charge in [0.1, 0.15) is 61.5 Å². The van der Waals surface area contributed by atoms with Gasteiger partial charge in [-0.1, -0.05) is 267 Å². The highest BCUT2D eigenvalue weighted by atomic mass is 32.1. The molecule has 0 atom stereocenters. The van der Waals surface area contributed by atoms with E-state index in [1.807, 2.05) is 95.5 Å². The summed E-state index contributed by atoms with van der Waals surface area (Å²) in [5.74, 6) is 1.83. The first-order valence-corrected chi connectivity index (χ1v) is 44.7. The molecule has 9 aromatic heterocycles. The maximum absolute atomic E-state index is 6.56. The molecule has 3 aliphatic rings.